The number of hydrogen-bond donors (Lipinski definition) is 0. The maximum atomic E-state index is 13.1. The molecule has 0 spiro atoms. The fraction of sp³-hybridized carbons (Fsp3) is 0.350. The van der Waals surface area contributed by atoms with Crippen molar-refractivity contribution >= 4 is 17.1 Å². The van der Waals surface area contributed by atoms with Crippen LogP contribution in [0.5, 0.6) is 0 Å². The van der Waals surface area contributed by atoms with Crippen LogP contribution in [-0.4, -0.2) is 51.7 Å². The van der Waals surface area contributed by atoms with Gasteiger partial charge in [-0.15, -0.1) is 0 Å². The Labute approximate surface area is 156 Å². The Hall–Kier alpha value is -2.93. The standard InChI is InChI=1S/C20H22N4O3/c1-27-13-12-23-17-8-5-10-21-18(17)24(20(23)26)16-9-11-22(14-16)19(25)15-6-3-2-4-7-15/h2-8,10,16H,9,11-14H2,1H3. The van der Waals surface area contributed by atoms with Crippen LogP contribution >= 0.6 is 0 Å². The molecule has 140 valence electrons. The molecule has 0 radical (unpaired) electrons. The van der Waals surface area contributed by atoms with E-state index in [-0.39, 0.29) is 17.6 Å². The molecule has 1 fully saturated rings. The van der Waals surface area contributed by atoms with Crippen LogP contribution in [0.25, 0.3) is 11.2 Å². The Kier molecular flexibility index (Phi) is 4.77. The molecule has 1 atom stereocenters. The normalized spacial score (nSPS) is 16.9. The van der Waals surface area contributed by atoms with E-state index in [1.54, 1.807) is 22.4 Å². The summed E-state index contributed by atoms with van der Waals surface area (Å²) in [7, 11) is 1.62. The second kappa shape index (κ2) is 7.36. The van der Waals surface area contributed by atoms with Crippen LogP contribution in [0.15, 0.2) is 53.5 Å². The fourth-order valence-corrected chi connectivity index (χ4v) is 3.74. The summed E-state index contributed by atoms with van der Waals surface area (Å²) in [6, 6.07) is 12.9. The summed E-state index contributed by atoms with van der Waals surface area (Å²) in [5.41, 5.74) is 2.04. The van der Waals surface area contributed by atoms with Gasteiger partial charge < -0.3 is 9.64 Å². The zero-order valence-corrected chi connectivity index (χ0v) is 15.2. The van der Waals surface area contributed by atoms with E-state index in [1.165, 1.54) is 0 Å². The highest BCUT2D eigenvalue weighted by Crippen LogP contribution is 2.25. The topological polar surface area (TPSA) is 69.4 Å². The number of imidazole rings is 1. The summed E-state index contributed by atoms with van der Waals surface area (Å²) >= 11 is 0. The van der Waals surface area contributed by atoms with Gasteiger partial charge >= 0.3 is 5.69 Å². The number of aromatic nitrogens is 3. The minimum absolute atomic E-state index is 0.00206. The predicted octanol–water partition coefficient (Wildman–Crippen LogP) is 1.93. The quantitative estimate of drug-likeness (QED) is 0.692. The highest BCUT2D eigenvalue weighted by Gasteiger charge is 2.31. The third-order valence-electron chi connectivity index (χ3n) is 5.08. The van der Waals surface area contributed by atoms with E-state index in [9.17, 15) is 9.59 Å². The molecule has 3 heterocycles. The van der Waals surface area contributed by atoms with Gasteiger partial charge in [-0.2, -0.15) is 0 Å². The number of likely N-dealkylation sites (tertiary alicyclic amines) is 1. The number of benzene rings is 1. The van der Waals surface area contributed by atoms with Crippen molar-refractivity contribution in [1.82, 2.24) is 19.0 Å². The first-order chi connectivity index (χ1) is 13.2. The number of carbonyl (C=O) groups is 1. The summed E-state index contributed by atoms with van der Waals surface area (Å²) < 4.78 is 8.58. The van der Waals surface area contributed by atoms with Gasteiger partial charge in [-0.3, -0.25) is 13.9 Å². The van der Waals surface area contributed by atoms with E-state index in [4.69, 9.17) is 4.74 Å². The van der Waals surface area contributed by atoms with Gasteiger partial charge in [-0.25, -0.2) is 9.78 Å². The average Bonchev–Trinajstić information content (AvgIpc) is 3.29. The Morgan fingerprint density at radius 2 is 2.04 bits per heavy atom. The van der Waals surface area contributed by atoms with Gasteiger partial charge in [0.15, 0.2) is 5.65 Å². The van der Waals surface area contributed by atoms with Crippen LogP contribution in [0.1, 0.15) is 22.8 Å². The molecule has 3 aromatic rings. The molecule has 0 aliphatic carbocycles. The van der Waals surface area contributed by atoms with Crippen LogP contribution in [0.3, 0.4) is 0 Å². The molecule has 4 rings (SSSR count). The zero-order chi connectivity index (χ0) is 18.8. The Balaban J connectivity index is 1.65. The fourth-order valence-electron chi connectivity index (χ4n) is 3.74. The molecule has 1 unspecified atom stereocenters. The molecule has 1 aromatic carbocycles. The second-order valence-corrected chi connectivity index (χ2v) is 6.70. The van der Waals surface area contributed by atoms with Crippen molar-refractivity contribution < 1.29 is 9.53 Å². The van der Waals surface area contributed by atoms with Crippen LogP contribution < -0.4 is 5.69 Å². The highest BCUT2D eigenvalue weighted by molar-refractivity contribution is 5.94. The summed E-state index contributed by atoms with van der Waals surface area (Å²) in [5.74, 6) is 0.00206. The number of ether oxygens (including phenoxy) is 1. The second-order valence-electron chi connectivity index (χ2n) is 6.70. The van der Waals surface area contributed by atoms with Gasteiger partial charge in [-0.05, 0) is 30.7 Å². The molecule has 7 heteroatoms. The van der Waals surface area contributed by atoms with Crippen LogP contribution in [0.4, 0.5) is 0 Å². The zero-order valence-electron chi connectivity index (χ0n) is 15.2. The maximum absolute atomic E-state index is 13.1. The van der Waals surface area contributed by atoms with Crippen molar-refractivity contribution in [1.29, 1.82) is 0 Å². The monoisotopic (exact) mass is 366 g/mol. The van der Waals surface area contributed by atoms with Crippen molar-refractivity contribution in [3.8, 4) is 0 Å². The Morgan fingerprint density at radius 3 is 2.81 bits per heavy atom. The van der Waals surface area contributed by atoms with E-state index in [2.05, 4.69) is 4.98 Å². The van der Waals surface area contributed by atoms with Crippen molar-refractivity contribution in [2.75, 3.05) is 26.8 Å². The minimum Gasteiger partial charge on any atom is -0.383 e. The first-order valence-electron chi connectivity index (χ1n) is 9.09. The number of methoxy groups -OCH3 is 1. The molecule has 1 saturated heterocycles. The molecule has 1 amide bonds. The molecule has 1 aliphatic rings. The predicted molar refractivity (Wildman–Crippen MR) is 102 cm³/mol. The van der Waals surface area contributed by atoms with Crippen molar-refractivity contribution in [3.63, 3.8) is 0 Å². The molecular formula is C20H22N4O3. The Bertz CT molecular complexity index is 1010. The lowest BCUT2D eigenvalue weighted by Crippen LogP contribution is -2.32. The number of amides is 1. The SMILES string of the molecule is COCCn1c(=O)n(C2CCN(C(=O)c3ccccc3)C2)c2ncccc21. The number of rotatable bonds is 5. The Morgan fingerprint density at radius 1 is 1.22 bits per heavy atom. The number of pyridine rings is 1. The summed E-state index contributed by atoms with van der Waals surface area (Å²) in [6.07, 6.45) is 2.43. The van der Waals surface area contributed by atoms with E-state index in [0.29, 0.717) is 37.5 Å². The summed E-state index contributed by atoms with van der Waals surface area (Å²) in [5, 5.41) is 0. The molecule has 2 aromatic heterocycles. The van der Waals surface area contributed by atoms with Crippen molar-refractivity contribution in [2.45, 2.75) is 19.0 Å². The van der Waals surface area contributed by atoms with Crippen LogP contribution in [0.2, 0.25) is 0 Å². The number of nitrogens with zero attached hydrogens (tertiary/aromatic N) is 4. The van der Waals surface area contributed by atoms with Gasteiger partial charge in [0.05, 0.1) is 24.7 Å². The van der Waals surface area contributed by atoms with E-state index >= 15 is 0 Å². The summed E-state index contributed by atoms with van der Waals surface area (Å²) in [4.78, 5) is 32.0. The largest absolute Gasteiger partial charge is 0.383 e. The van der Waals surface area contributed by atoms with Gasteiger partial charge in [0, 0.05) is 32.0 Å². The van der Waals surface area contributed by atoms with Crippen LogP contribution in [-0.2, 0) is 11.3 Å². The van der Waals surface area contributed by atoms with Crippen molar-refractivity contribution in [3.05, 3.63) is 64.7 Å². The third kappa shape index (κ3) is 3.14. The molecule has 7 nitrogen and oxygen atoms in total. The highest BCUT2D eigenvalue weighted by atomic mass is 16.5. The first-order valence-corrected chi connectivity index (χ1v) is 9.09. The number of hydrogen-bond acceptors (Lipinski definition) is 4. The first kappa shape index (κ1) is 17.5. The lowest BCUT2D eigenvalue weighted by Gasteiger charge is -2.17. The van der Waals surface area contributed by atoms with Gasteiger partial charge in [0.2, 0.25) is 0 Å². The number of carbonyl (C=O) groups excluding carboxylic acids is 1. The summed E-state index contributed by atoms with van der Waals surface area (Å²) in [6.45, 7) is 2.07. The molecule has 1 aliphatic heterocycles. The van der Waals surface area contributed by atoms with Gasteiger partial charge in [-0.1, -0.05) is 18.2 Å². The smallest absolute Gasteiger partial charge is 0.330 e. The van der Waals surface area contributed by atoms with E-state index < -0.39 is 0 Å². The van der Waals surface area contributed by atoms with Gasteiger partial charge in [0.1, 0.15) is 0 Å². The molecular weight excluding hydrogens is 344 g/mol. The lowest BCUT2D eigenvalue weighted by molar-refractivity contribution is 0.0787. The minimum atomic E-state index is -0.0974. The molecule has 0 saturated carbocycles. The third-order valence-corrected chi connectivity index (χ3v) is 5.08. The maximum Gasteiger partial charge on any atom is 0.330 e. The average molecular weight is 366 g/mol. The number of fused-ring (bicyclic) bond motifs is 1. The van der Waals surface area contributed by atoms with E-state index in [0.717, 1.165) is 11.9 Å². The van der Waals surface area contributed by atoms with Crippen molar-refractivity contribution in [2.24, 2.45) is 0 Å². The van der Waals surface area contributed by atoms with E-state index in [1.807, 2.05) is 47.4 Å². The van der Waals surface area contributed by atoms with Gasteiger partial charge in [0.25, 0.3) is 5.91 Å². The van der Waals surface area contributed by atoms with Crippen LogP contribution in [0, 0.1) is 0 Å². The molecule has 0 N–H and O–H groups in total. The molecule has 27 heavy (non-hydrogen) atoms. The lowest BCUT2D eigenvalue weighted by atomic mass is 10.2. The molecule has 0 bridgehead atoms.